The number of carboxylic acids is 1. The molecule has 0 bridgehead atoms. The maximum Gasteiger partial charge on any atom is 0.312 e. The van der Waals surface area contributed by atoms with Gasteiger partial charge in [-0.3, -0.25) is 14.2 Å². The zero-order valence-corrected chi connectivity index (χ0v) is 22.2. The minimum Gasteiger partial charge on any atom is -0.481 e. The number of anilines is 1. The number of nitrogen functional groups attached to an aromatic ring is 1. The number of halogens is 1. The van der Waals surface area contributed by atoms with Crippen molar-refractivity contribution < 1.29 is 33.7 Å². The van der Waals surface area contributed by atoms with E-state index in [-0.39, 0.29) is 29.2 Å². The van der Waals surface area contributed by atoms with E-state index in [1.54, 1.807) is 26.8 Å². The molecular formula is C27H30FN5O6. The number of aliphatic hydroxyl groups excluding tert-OH is 1. The van der Waals surface area contributed by atoms with Gasteiger partial charge in [0.25, 0.3) is 0 Å². The van der Waals surface area contributed by atoms with E-state index in [2.05, 4.69) is 20.9 Å². The smallest absolute Gasteiger partial charge is 0.312 e. The van der Waals surface area contributed by atoms with Gasteiger partial charge in [0.15, 0.2) is 22.6 Å². The molecule has 3 heterocycles. The number of nitrogens with zero attached hydrogens (tertiary/aromatic N) is 4. The van der Waals surface area contributed by atoms with Gasteiger partial charge in [-0.05, 0) is 31.0 Å². The largest absolute Gasteiger partial charge is 0.481 e. The highest BCUT2D eigenvalue weighted by molar-refractivity contribution is 5.81. The fourth-order valence-electron chi connectivity index (χ4n) is 5.95. The van der Waals surface area contributed by atoms with Gasteiger partial charge in [0.2, 0.25) is 0 Å². The molecule has 0 aliphatic carbocycles. The first kappa shape index (κ1) is 27.9. The average Bonchev–Trinajstić information content (AvgIpc) is 3.39. The second-order valence-corrected chi connectivity index (χ2v) is 10.4. The number of carbonyl (C=O) groups is 2. The Bertz CT molecular complexity index is 1510. The SMILES string of the molecule is C#CC1(CO)O[C@@H](n2cnc3c(N)nc(F)nc32)C[C@H]1C(C(=O)O)C(C)(C)c1c(C)cc(C)cc1OC(C)=O. The average molecular weight is 540 g/mol. The van der Waals surface area contributed by atoms with Crippen molar-refractivity contribution in [3.05, 3.63) is 41.2 Å². The molecule has 11 nitrogen and oxygen atoms in total. The Labute approximate surface area is 224 Å². The molecule has 1 aromatic carbocycles. The van der Waals surface area contributed by atoms with Crippen molar-refractivity contribution in [3.63, 3.8) is 0 Å². The van der Waals surface area contributed by atoms with Crippen LogP contribution in [0.2, 0.25) is 0 Å². The minimum absolute atomic E-state index is 0.00987. The maximum absolute atomic E-state index is 14.0. The number of hydrogen-bond acceptors (Lipinski definition) is 9. The van der Waals surface area contributed by atoms with E-state index in [1.807, 2.05) is 13.0 Å². The Morgan fingerprint density at radius 1 is 1.38 bits per heavy atom. The highest BCUT2D eigenvalue weighted by Crippen LogP contribution is 2.52. The molecule has 1 aliphatic rings. The normalized spacial score (nSPS) is 22.0. The molecule has 0 amide bonds. The third-order valence-corrected chi connectivity index (χ3v) is 7.40. The van der Waals surface area contributed by atoms with Crippen LogP contribution in [0.5, 0.6) is 5.75 Å². The van der Waals surface area contributed by atoms with Crippen molar-refractivity contribution in [3.8, 4) is 18.1 Å². The molecule has 2 aromatic heterocycles. The standard InChI is InChI=1S/C27H30FN5O6/c1-7-27(11-34)16(10-18(39-27)33-12-30-21-22(29)31-25(28)32-23(21)33)20(24(36)37)26(5,6)19-14(3)8-13(2)9-17(19)38-15(4)35/h1,8-9,12,16,18,20,34H,10-11H2,2-6H3,(H,36,37)(H2,29,31,32)/t16-,18+,20?,27?/m0/s1. The van der Waals surface area contributed by atoms with Crippen LogP contribution in [0, 0.1) is 44.1 Å². The Morgan fingerprint density at radius 2 is 2.08 bits per heavy atom. The lowest BCUT2D eigenvalue weighted by molar-refractivity contribution is -0.150. The van der Waals surface area contributed by atoms with Crippen LogP contribution >= 0.6 is 0 Å². The van der Waals surface area contributed by atoms with Gasteiger partial charge in [0, 0.05) is 30.2 Å². The summed E-state index contributed by atoms with van der Waals surface area (Å²) in [5.41, 5.74) is 5.12. The first-order valence-corrected chi connectivity index (χ1v) is 12.2. The fraction of sp³-hybridized carbons (Fsp3) is 0.444. The van der Waals surface area contributed by atoms with Gasteiger partial charge >= 0.3 is 18.0 Å². The molecule has 12 heteroatoms. The van der Waals surface area contributed by atoms with Gasteiger partial charge < -0.3 is 25.4 Å². The summed E-state index contributed by atoms with van der Waals surface area (Å²) in [6.45, 7) is 7.66. The second kappa shape index (κ2) is 9.91. The zero-order valence-electron chi connectivity index (χ0n) is 22.2. The summed E-state index contributed by atoms with van der Waals surface area (Å²) in [6.07, 6.45) is 5.19. The highest BCUT2D eigenvalue weighted by atomic mass is 19.1. The highest BCUT2D eigenvalue weighted by Gasteiger charge is 2.58. The lowest BCUT2D eigenvalue weighted by Crippen LogP contribution is -2.50. The second-order valence-electron chi connectivity index (χ2n) is 10.4. The van der Waals surface area contributed by atoms with Gasteiger partial charge in [-0.15, -0.1) is 6.42 Å². The lowest BCUT2D eigenvalue weighted by Gasteiger charge is -2.41. The van der Waals surface area contributed by atoms with Crippen LogP contribution in [-0.2, 0) is 19.7 Å². The monoisotopic (exact) mass is 539 g/mol. The summed E-state index contributed by atoms with van der Waals surface area (Å²) in [5, 5.41) is 21.1. The maximum atomic E-state index is 14.0. The number of aliphatic carboxylic acids is 1. The van der Waals surface area contributed by atoms with Crippen LogP contribution in [-0.4, -0.2) is 53.9 Å². The van der Waals surface area contributed by atoms with E-state index in [9.17, 15) is 24.2 Å². The van der Waals surface area contributed by atoms with E-state index >= 15 is 0 Å². The van der Waals surface area contributed by atoms with Gasteiger partial charge in [-0.2, -0.15) is 14.4 Å². The Hall–Kier alpha value is -4.08. The predicted molar refractivity (Wildman–Crippen MR) is 138 cm³/mol. The lowest BCUT2D eigenvalue weighted by atomic mass is 9.62. The number of carbonyl (C=O) groups excluding carboxylic acids is 1. The van der Waals surface area contributed by atoms with Gasteiger partial charge in [0.1, 0.15) is 12.0 Å². The number of hydrogen-bond donors (Lipinski definition) is 3. The minimum atomic E-state index is -1.72. The van der Waals surface area contributed by atoms with Crippen molar-refractivity contribution in [1.82, 2.24) is 19.5 Å². The number of esters is 1. The molecule has 4 atom stereocenters. The van der Waals surface area contributed by atoms with Crippen LogP contribution < -0.4 is 10.5 Å². The van der Waals surface area contributed by atoms with E-state index in [0.717, 1.165) is 11.1 Å². The zero-order chi connectivity index (χ0) is 28.9. The quantitative estimate of drug-likeness (QED) is 0.176. The number of terminal acetylenes is 1. The number of fused-ring (bicyclic) bond motifs is 1. The Kier molecular flexibility index (Phi) is 7.10. The summed E-state index contributed by atoms with van der Waals surface area (Å²) in [5.74, 6) is -1.37. The van der Waals surface area contributed by atoms with Crippen molar-refractivity contribution in [2.45, 2.75) is 58.3 Å². The number of aliphatic hydroxyl groups is 1. The third-order valence-electron chi connectivity index (χ3n) is 7.40. The van der Waals surface area contributed by atoms with Crippen molar-refractivity contribution in [2.24, 2.45) is 11.8 Å². The first-order valence-electron chi connectivity index (χ1n) is 12.2. The molecule has 206 valence electrons. The number of imidazole rings is 1. The molecule has 39 heavy (non-hydrogen) atoms. The van der Waals surface area contributed by atoms with Crippen LogP contribution in [0.3, 0.4) is 0 Å². The molecule has 4 rings (SSSR count). The van der Waals surface area contributed by atoms with Gasteiger partial charge in [0.05, 0.1) is 18.9 Å². The van der Waals surface area contributed by atoms with E-state index in [1.165, 1.54) is 17.8 Å². The summed E-state index contributed by atoms with van der Waals surface area (Å²) >= 11 is 0. The number of ether oxygens (including phenoxy) is 2. The molecule has 0 radical (unpaired) electrons. The van der Waals surface area contributed by atoms with Gasteiger partial charge in [-0.25, -0.2) is 4.98 Å². The van der Waals surface area contributed by atoms with Gasteiger partial charge in [-0.1, -0.05) is 25.8 Å². The summed E-state index contributed by atoms with van der Waals surface area (Å²) in [4.78, 5) is 36.4. The van der Waals surface area contributed by atoms with E-state index in [4.69, 9.17) is 21.6 Å². The van der Waals surface area contributed by atoms with Crippen molar-refractivity contribution >= 4 is 28.9 Å². The number of carboxylic acid groups (broad SMARTS) is 1. The van der Waals surface area contributed by atoms with Crippen molar-refractivity contribution in [1.29, 1.82) is 0 Å². The molecule has 0 saturated carbocycles. The third kappa shape index (κ3) is 4.68. The van der Waals surface area contributed by atoms with Crippen LogP contribution in [0.4, 0.5) is 10.2 Å². The molecular weight excluding hydrogens is 509 g/mol. The van der Waals surface area contributed by atoms with E-state index < -0.39 is 53.7 Å². The number of rotatable bonds is 7. The summed E-state index contributed by atoms with van der Waals surface area (Å²) < 4.78 is 27.1. The number of aromatic nitrogens is 4. The molecule has 1 aliphatic heterocycles. The molecule has 3 aromatic rings. The molecule has 4 N–H and O–H groups in total. The molecule has 1 saturated heterocycles. The Morgan fingerprint density at radius 3 is 2.67 bits per heavy atom. The van der Waals surface area contributed by atoms with E-state index in [0.29, 0.717) is 5.56 Å². The topological polar surface area (TPSA) is 163 Å². The van der Waals surface area contributed by atoms with Crippen LogP contribution in [0.15, 0.2) is 18.5 Å². The number of benzene rings is 1. The fourth-order valence-corrected chi connectivity index (χ4v) is 5.95. The summed E-state index contributed by atoms with van der Waals surface area (Å²) in [6, 6.07) is 3.54. The molecule has 2 unspecified atom stereocenters. The van der Waals surface area contributed by atoms with Crippen LogP contribution in [0.25, 0.3) is 11.2 Å². The summed E-state index contributed by atoms with van der Waals surface area (Å²) in [7, 11) is 0. The number of nitrogens with two attached hydrogens (primary N) is 1. The first-order chi connectivity index (χ1) is 18.3. The number of aryl methyl sites for hydroxylation is 2. The predicted octanol–water partition coefficient (Wildman–Crippen LogP) is 2.67. The molecule has 1 fully saturated rings. The molecule has 0 spiro atoms. The van der Waals surface area contributed by atoms with Crippen LogP contribution in [0.1, 0.15) is 50.1 Å². The Balaban J connectivity index is 1.86. The van der Waals surface area contributed by atoms with Crippen molar-refractivity contribution in [2.75, 3.05) is 12.3 Å².